The van der Waals surface area contributed by atoms with E-state index < -0.39 is 5.60 Å². The third-order valence-corrected chi connectivity index (χ3v) is 3.65. The van der Waals surface area contributed by atoms with E-state index in [1.54, 1.807) is 32.2 Å². The van der Waals surface area contributed by atoms with Gasteiger partial charge in [-0.25, -0.2) is 9.97 Å². The summed E-state index contributed by atoms with van der Waals surface area (Å²) in [4.78, 5) is 20.0. The zero-order chi connectivity index (χ0) is 14.8. The summed E-state index contributed by atoms with van der Waals surface area (Å²) in [7, 11) is 0. The highest BCUT2D eigenvalue weighted by Gasteiger charge is 2.31. The van der Waals surface area contributed by atoms with Gasteiger partial charge in [-0.1, -0.05) is 34.5 Å². The zero-order valence-corrected chi connectivity index (χ0v) is 13.0. The molecule has 0 spiro atoms. The molecule has 0 fully saturated rings. The van der Waals surface area contributed by atoms with Crippen LogP contribution in [0.2, 0.25) is 9.49 Å². The van der Waals surface area contributed by atoms with Crippen LogP contribution in [0, 0.1) is 0 Å². The molecule has 0 radical (unpaired) electrons. The van der Waals surface area contributed by atoms with Crippen molar-refractivity contribution in [2.75, 3.05) is 5.32 Å². The van der Waals surface area contributed by atoms with Crippen molar-refractivity contribution in [3.63, 3.8) is 0 Å². The van der Waals surface area contributed by atoms with Crippen LogP contribution in [0.15, 0.2) is 24.5 Å². The fraction of sp³-hybridized carbons (Fsp3) is 0.250. The van der Waals surface area contributed by atoms with Crippen LogP contribution in [-0.2, 0) is 4.79 Å². The number of carbonyl (C=O) groups excluding carboxylic acids is 1. The molecule has 1 N–H and O–H groups in total. The molecule has 2 rings (SSSR count). The molecule has 2 aromatic rings. The molecule has 0 aliphatic carbocycles. The number of thiazole rings is 1. The van der Waals surface area contributed by atoms with Gasteiger partial charge in [0.05, 0.1) is 6.20 Å². The van der Waals surface area contributed by atoms with E-state index in [0.29, 0.717) is 15.2 Å². The standard InChI is InChI=1S/C12H11Cl2N3O2S/c1-12(2,19-7-4-3-5-15-9(7)14)10(18)17-11-16-6-8(13)20-11/h3-6H,1-2H3,(H,16,17,18). The van der Waals surface area contributed by atoms with Crippen molar-refractivity contribution in [2.24, 2.45) is 0 Å². The average Bonchev–Trinajstić information content (AvgIpc) is 2.77. The van der Waals surface area contributed by atoms with Gasteiger partial charge >= 0.3 is 0 Å². The van der Waals surface area contributed by atoms with E-state index in [1.165, 1.54) is 17.5 Å². The molecule has 0 atom stereocenters. The highest BCUT2D eigenvalue weighted by Crippen LogP contribution is 2.27. The number of pyridine rings is 1. The minimum absolute atomic E-state index is 0.200. The van der Waals surface area contributed by atoms with Crippen LogP contribution in [-0.4, -0.2) is 21.5 Å². The molecular formula is C12H11Cl2N3O2S. The summed E-state index contributed by atoms with van der Waals surface area (Å²) >= 11 is 12.8. The van der Waals surface area contributed by atoms with Gasteiger partial charge in [-0.05, 0) is 26.0 Å². The number of rotatable bonds is 4. The Balaban J connectivity index is 2.09. The second-order valence-corrected chi connectivity index (χ2v) is 6.35. The molecule has 0 aliphatic heterocycles. The van der Waals surface area contributed by atoms with Gasteiger partial charge in [-0.3, -0.25) is 10.1 Å². The normalized spacial score (nSPS) is 11.2. The quantitative estimate of drug-likeness (QED) is 0.868. The van der Waals surface area contributed by atoms with Gasteiger partial charge in [-0.2, -0.15) is 0 Å². The van der Waals surface area contributed by atoms with E-state index >= 15 is 0 Å². The van der Waals surface area contributed by atoms with E-state index in [4.69, 9.17) is 27.9 Å². The number of ether oxygens (including phenoxy) is 1. The third-order valence-electron chi connectivity index (χ3n) is 2.33. The summed E-state index contributed by atoms with van der Waals surface area (Å²) in [6.07, 6.45) is 3.01. The number of nitrogens with one attached hydrogen (secondary N) is 1. The van der Waals surface area contributed by atoms with E-state index in [9.17, 15) is 4.79 Å². The summed E-state index contributed by atoms with van der Waals surface area (Å²) in [6, 6.07) is 3.32. The van der Waals surface area contributed by atoms with Crippen LogP contribution in [0.1, 0.15) is 13.8 Å². The summed E-state index contributed by atoms with van der Waals surface area (Å²) in [5.41, 5.74) is -1.13. The fourth-order valence-corrected chi connectivity index (χ4v) is 2.29. The van der Waals surface area contributed by atoms with Crippen molar-refractivity contribution in [1.82, 2.24) is 9.97 Å². The van der Waals surface area contributed by atoms with Crippen LogP contribution in [0.4, 0.5) is 5.13 Å². The Bertz CT molecular complexity index is 631. The van der Waals surface area contributed by atoms with E-state index in [0.717, 1.165) is 0 Å². The van der Waals surface area contributed by atoms with Crippen molar-refractivity contribution in [2.45, 2.75) is 19.4 Å². The maximum Gasteiger partial charge on any atom is 0.269 e. The predicted molar refractivity (Wildman–Crippen MR) is 79.7 cm³/mol. The second-order valence-electron chi connectivity index (χ2n) is 4.33. The van der Waals surface area contributed by atoms with E-state index in [1.807, 2.05) is 0 Å². The van der Waals surface area contributed by atoms with Gasteiger partial charge < -0.3 is 4.74 Å². The lowest BCUT2D eigenvalue weighted by molar-refractivity contribution is -0.128. The molecule has 2 heterocycles. The Morgan fingerprint density at radius 3 is 2.75 bits per heavy atom. The maximum absolute atomic E-state index is 12.2. The third kappa shape index (κ3) is 3.59. The van der Waals surface area contributed by atoms with Crippen molar-refractivity contribution < 1.29 is 9.53 Å². The number of amides is 1. The Morgan fingerprint density at radius 1 is 1.40 bits per heavy atom. The first-order chi connectivity index (χ1) is 9.38. The zero-order valence-electron chi connectivity index (χ0n) is 10.7. The Hall–Kier alpha value is -1.37. The van der Waals surface area contributed by atoms with Crippen LogP contribution in [0.3, 0.4) is 0 Å². The van der Waals surface area contributed by atoms with Crippen molar-refractivity contribution in [3.8, 4) is 5.75 Å². The summed E-state index contributed by atoms with van der Waals surface area (Å²) in [5, 5.41) is 3.25. The molecule has 0 aliphatic rings. The van der Waals surface area contributed by atoms with Gasteiger partial charge in [0, 0.05) is 6.20 Å². The SMILES string of the molecule is CC(C)(Oc1cccnc1Cl)C(=O)Nc1ncc(Cl)s1. The first kappa shape index (κ1) is 15.0. The second kappa shape index (κ2) is 5.95. The number of aromatic nitrogens is 2. The molecular weight excluding hydrogens is 321 g/mol. The first-order valence-corrected chi connectivity index (χ1v) is 7.18. The summed E-state index contributed by atoms with van der Waals surface area (Å²) in [5.74, 6) is -0.0186. The van der Waals surface area contributed by atoms with E-state index in [-0.39, 0.29) is 11.1 Å². The van der Waals surface area contributed by atoms with Gasteiger partial charge in [0.1, 0.15) is 4.34 Å². The largest absolute Gasteiger partial charge is 0.475 e. The predicted octanol–water partition coefficient (Wildman–Crippen LogP) is 3.64. The molecule has 8 heteroatoms. The van der Waals surface area contributed by atoms with Gasteiger partial charge in [0.2, 0.25) is 0 Å². The number of nitrogens with zero attached hydrogens (tertiary/aromatic N) is 2. The van der Waals surface area contributed by atoms with Gasteiger partial charge in [-0.15, -0.1) is 0 Å². The van der Waals surface area contributed by atoms with Crippen LogP contribution >= 0.6 is 34.5 Å². The molecule has 5 nitrogen and oxygen atoms in total. The van der Waals surface area contributed by atoms with Crippen LogP contribution in [0.5, 0.6) is 5.75 Å². The topological polar surface area (TPSA) is 64.1 Å². The Kier molecular flexibility index (Phi) is 4.47. The highest BCUT2D eigenvalue weighted by atomic mass is 35.5. The molecule has 0 bridgehead atoms. The number of hydrogen-bond acceptors (Lipinski definition) is 5. The maximum atomic E-state index is 12.2. The molecule has 106 valence electrons. The minimum atomic E-state index is -1.13. The molecule has 0 unspecified atom stereocenters. The smallest absolute Gasteiger partial charge is 0.269 e. The molecule has 0 saturated heterocycles. The number of carbonyl (C=O) groups is 1. The van der Waals surface area contributed by atoms with Gasteiger partial charge in [0.15, 0.2) is 21.6 Å². The Morgan fingerprint density at radius 2 is 2.15 bits per heavy atom. The average molecular weight is 332 g/mol. The lowest BCUT2D eigenvalue weighted by Gasteiger charge is -2.24. The van der Waals surface area contributed by atoms with Crippen molar-refractivity contribution in [1.29, 1.82) is 0 Å². The molecule has 0 aromatic carbocycles. The molecule has 20 heavy (non-hydrogen) atoms. The van der Waals surface area contributed by atoms with Gasteiger partial charge in [0.25, 0.3) is 5.91 Å². The Labute approximate surface area is 129 Å². The van der Waals surface area contributed by atoms with E-state index in [2.05, 4.69) is 15.3 Å². The van der Waals surface area contributed by atoms with Crippen LogP contribution < -0.4 is 10.1 Å². The number of hydrogen-bond donors (Lipinski definition) is 1. The molecule has 1 amide bonds. The van der Waals surface area contributed by atoms with Crippen molar-refractivity contribution >= 4 is 45.6 Å². The minimum Gasteiger partial charge on any atom is -0.475 e. The lowest BCUT2D eigenvalue weighted by atomic mass is 10.1. The fourth-order valence-electron chi connectivity index (χ4n) is 1.33. The number of anilines is 1. The monoisotopic (exact) mass is 331 g/mol. The van der Waals surface area contributed by atoms with Crippen molar-refractivity contribution in [3.05, 3.63) is 34.0 Å². The summed E-state index contributed by atoms with van der Waals surface area (Å²) in [6.45, 7) is 3.25. The molecule has 0 saturated carbocycles. The number of halogens is 2. The molecule has 2 aromatic heterocycles. The van der Waals surface area contributed by atoms with Crippen LogP contribution in [0.25, 0.3) is 0 Å². The first-order valence-electron chi connectivity index (χ1n) is 5.61. The lowest BCUT2D eigenvalue weighted by Crippen LogP contribution is -2.42. The summed E-state index contributed by atoms with van der Waals surface area (Å²) < 4.78 is 6.11. The highest BCUT2D eigenvalue weighted by molar-refractivity contribution is 7.19.